The summed E-state index contributed by atoms with van der Waals surface area (Å²) >= 11 is 0. The molecule has 0 unspecified atom stereocenters. The number of carbonyl (C=O) groups is 1. The average molecular weight is 231 g/mol. The fraction of sp³-hybridized carbons (Fsp3) is 0. The zero-order chi connectivity index (χ0) is 12.3. The second-order valence-electron chi connectivity index (χ2n) is 3.40. The Morgan fingerprint density at radius 1 is 1.29 bits per heavy atom. The van der Waals surface area contributed by atoms with Crippen LogP contribution in [0.1, 0.15) is 10.4 Å². The Kier molecular flexibility index (Phi) is 3.00. The molecule has 0 radical (unpaired) electrons. The first kappa shape index (κ1) is 11.1. The number of nitrogens with zero attached hydrogens (tertiary/aromatic N) is 1. The van der Waals surface area contributed by atoms with Crippen molar-refractivity contribution in [3.05, 3.63) is 54.1 Å². The van der Waals surface area contributed by atoms with Crippen LogP contribution in [0.25, 0.3) is 0 Å². The molecule has 17 heavy (non-hydrogen) atoms. The molecule has 0 atom stereocenters. The van der Waals surface area contributed by atoms with Crippen molar-refractivity contribution in [3.63, 3.8) is 0 Å². The van der Waals surface area contributed by atoms with Gasteiger partial charge in [0.05, 0.1) is 23.1 Å². The number of carbonyl (C=O) groups excluding carboxylic acids is 1. The normalized spacial score (nSPS) is 9.94. The molecular weight excluding hydrogens is 221 g/mol. The first-order valence-corrected chi connectivity index (χ1v) is 4.94. The summed E-state index contributed by atoms with van der Waals surface area (Å²) in [5, 5.41) is 2.52. The number of nitrogen functional groups attached to an aromatic ring is 1. The Hall–Kier alpha value is -2.43. The number of amides is 1. The molecule has 1 amide bonds. The summed E-state index contributed by atoms with van der Waals surface area (Å²) < 4.78 is 13.3. The van der Waals surface area contributed by atoms with Gasteiger partial charge in [0.1, 0.15) is 5.82 Å². The van der Waals surface area contributed by atoms with Crippen LogP contribution in [0, 0.1) is 5.82 Å². The molecule has 0 aliphatic heterocycles. The van der Waals surface area contributed by atoms with Gasteiger partial charge in [0.25, 0.3) is 5.91 Å². The highest BCUT2D eigenvalue weighted by molar-refractivity contribution is 6.05. The van der Waals surface area contributed by atoms with Gasteiger partial charge in [0.15, 0.2) is 0 Å². The third-order valence-corrected chi connectivity index (χ3v) is 2.22. The lowest BCUT2D eigenvalue weighted by Gasteiger charge is -2.07. The molecule has 0 fully saturated rings. The predicted octanol–water partition coefficient (Wildman–Crippen LogP) is 2.06. The van der Waals surface area contributed by atoms with E-state index < -0.39 is 11.7 Å². The highest BCUT2D eigenvalue weighted by atomic mass is 19.1. The third-order valence-electron chi connectivity index (χ3n) is 2.22. The Labute approximate surface area is 97.3 Å². The largest absolute Gasteiger partial charge is 0.396 e. The van der Waals surface area contributed by atoms with Gasteiger partial charge in [0, 0.05) is 6.20 Å². The number of nitrogens with two attached hydrogens (primary N) is 1. The Bertz CT molecular complexity index is 557. The maximum absolute atomic E-state index is 13.3. The number of pyridine rings is 1. The van der Waals surface area contributed by atoms with Crippen LogP contribution in [-0.4, -0.2) is 10.9 Å². The predicted molar refractivity (Wildman–Crippen MR) is 63.0 cm³/mol. The Morgan fingerprint density at radius 2 is 2.06 bits per heavy atom. The smallest absolute Gasteiger partial charge is 0.258 e. The number of aromatic nitrogens is 1. The van der Waals surface area contributed by atoms with Crippen LogP contribution in [0.15, 0.2) is 42.7 Å². The van der Waals surface area contributed by atoms with Crippen LogP contribution >= 0.6 is 0 Å². The summed E-state index contributed by atoms with van der Waals surface area (Å²) in [5.41, 5.74) is 6.33. The molecule has 2 rings (SSSR count). The highest BCUT2D eigenvalue weighted by Gasteiger charge is 2.11. The summed E-state index contributed by atoms with van der Waals surface area (Å²) in [7, 11) is 0. The summed E-state index contributed by atoms with van der Waals surface area (Å²) in [6.07, 6.45) is 2.91. The number of nitrogens with one attached hydrogen (secondary N) is 1. The van der Waals surface area contributed by atoms with E-state index in [0.717, 1.165) is 0 Å². The molecule has 2 aromatic rings. The molecule has 1 aromatic carbocycles. The van der Waals surface area contributed by atoms with Gasteiger partial charge in [-0.1, -0.05) is 12.1 Å². The van der Waals surface area contributed by atoms with Gasteiger partial charge in [-0.15, -0.1) is 0 Å². The third kappa shape index (κ3) is 2.39. The molecule has 0 spiro atoms. The van der Waals surface area contributed by atoms with E-state index in [2.05, 4.69) is 10.3 Å². The van der Waals surface area contributed by atoms with Gasteiger partial charge >= 0.3 is 0 Å². The quantitative estimate of drug-likeness (QED) is 0.831. The SMILES string of the molecule is Nc1cnccc1NC(=O)c1ccccc1F. The molecule has 86 valence electrons. The number of halogens is 1. The maximum Gasteiger partial charge on any atom is 0.258 e. The van der Waals surface area contributed by atoms with Crippen molar-refractivity contribution in [3.8, 4) is 0 Å². The summed E-state index contributed by atoms with van der Waals surface area (Å²) in [5.74, 6) is -1.11. The van der Waals surface area contributed by atoms with Crippen molar-refractivity contribution < 1.29 is 9.18 Å². The first-order valence-electron chi connectivity index (χ1n) is 4.94. The van der Waals surface area contributed by atoms with Crippen LogP contribution in [-0.2, 0) is 0 Å². The topological polar surface area (TPSA) is 68.0 Å². The molecule has 1 heterocycles. The van der Waals surface area contributed by atoms with Crippen molar-refractivity contribution in [1.29, 1.82) is 0 Å². The van der Waals surface area contributed by atoms with Gasteiger partial charge < -0.3 is 11.1 Å². The standard InChI is InChI=1S/C12H10FN3O/c13-9-4-2-1-3-8(9)12(17)16-11-5-6-15-7-10(11)14/h1-7H,14H2,(H,15,16,17). The molecule has 0 bridgehead atoms. The molecule has 0 saturated heterocycles. The number of anilines is 2. The van der Waals surface area contributed by atoms with Crippen molar-refractivity contribution in [2.24, 2.45) is 0 Å². The van der Waals surface area contributed by atoms with E-state index >= 15 is 0 Å². The molecular formula is C12H10FN3O. The maximum atomic E-state index is 13.3. The molecule has 5 heteroatoms. The second-order valence-corrected chi connectivity index (χ2v) is 3.40. The lowest BCUT2D eigenvalue weighted by molar-refractivity contribution is 0.102. The number of hydrogen-bond acceptors (Lipinski definition) is 3. The molecule has 0 saturated carbocycles. The van der Waals surface area contributed by atoms with Gasteiger partial charge in [-0.3, -0.25) is 9.78 Å². The van der Waals surface area contributed by atoms with Gasteiger partial charge in [-0.2, -0.15) is 0 Å². The number of hydrogen-bond donors (Lipinski definition) is 2. The van der Waals surface area contributed by atoms with Crippen LogP contribution < -0.4 is 11.1 Å². The zero-order valence-corrected chi connectivity index (χ0v) is 8.85. The fourth-order valence-corrected chi connectivity index (χ4v) is 1.36. The lowest BCUT2D eigenvalue weighted by atomic mass is 10.2. The monoisotopic (exact) mass is 231 g/mol. The zero-order valence-electron chi connectivity index (χ0n) is 8.85. The highest BCUT2D eigenvalue weighted by Crippen LogP contribution is 2.17. The number of benzene rings is 1. The van der Waals surface area contributed by atoms with E-state index in [1.807, 2.05) is 0 Å². The van der Waals surface area contributed by atoms with Gasteiger partial charge in [-0.05, 0) is 18.2 Å². The number of rotatable bonds is 2. The average Bonchev–Trinajstić information content (AvgIpc) is 2.32. The summed E-state index contributed by atoms with van der Waals surface area (Å²) in [6, 6.07) is 7.29. The van der Waals surface area contributed by atoms with Crippen LogP contribution in [0.4, 0.5) is 15.8 Å². The summed E-state index contributed by atoms with van der Waals surface area (Å²) in [4.78, 5) is 15.6. The van der Waals surface area contributed by atoms with Gasteiger partial charge in [-0.25, -0.2) is 4.39 Å². The molecule has 0 aliphatic carbocycles. The minimum atomic E-state index is -0.572. The molecule has 1 aromatic heterocycles. The van der Waals surface area contributed by atoms with E-state index in [0.29, 0.717) is 11.4 Å². The van der Waals surface area contributed by atoms with Crippen molar-refractivity contribution in [1.82, 2.24) is 4.98 Å². The van der Waals surface area contributed by atoms with E-state index in [1.54, 1.807) is 12.1 Å². The van der Waals surface area contributed by atoms with Crippen molar-refractivity contribution in [2.75, 3.05) is 11.1 Å². The van der Waals surface area contributed by atoms with E-state index in [1.165, 1.54) is 30.6 Å². The van der Waals surface area contributed by atoms with Crippen LogP contribution in [0.3, 0.4) is 0 Å². The Balaban J connectivity index is 2.24. The summed E-state index contributed by atoms with van der Waals surface area (Å²) in [6.45, 7) is 0. The first-order chi connectivity index (χ1) is 8.18. The van der Waals surface area contributed by atoms with E-state index in [9.17, 15) is 9.18 Å². The minimum absolute atomic E-state index is 0.0243. The molecule has 0 aliphatic rings. The van der Waals surface area contributed by atoms with Crippen molar-refractivity contribution in [2.45, 2.75) is 0 Å². The fourth-order valence-electron chi connectivity index (χ4n) is 1.36. The lowest BCUT2D eigenvalue weighted by Crippen LogP contribution is -2.14. The second kappa shape index (κ2) is 4.61. The minimum Gasteiger partial charge on any atom is -0.396 e. The van der Waals surface area contributed by atoms with Crippen LogP contribution in [0.2, 0.25) is 0 Å². The Morgan fingerprint density at radius 3 is 2.76 bits per heavy atom. The van der Waals surface area contributed by atoms with E-state index in [4.69, 9.17) is 5.73 Å². The van der Waals surface area contributed by atoms with Crippen molar-refractivity contribution >= 4 is 17.3 Å². The van der Waals surface area contributed by atoms with E-state index in [-0.39, 0.29) is 5.56 Å². The molecule has 3 N–H and O–H groups in total. The van der Waals surface area contributed by atoms with Crippen LogP contribution in [0.5, 0.6) is 0 Å². The molecule has 4 nitrogen and oxygen atoms in total. The van der Waals surface area contributed by atoms with Gasteiger partial charge in [0.2, 0.25) is 0 Å².